The summed E-state index contributed by atoms with van der Waals surface area (Å²) in [7, 11) is 1.67. The van der Waals surface area contributed by atoms with Gasteiger partial charge >= 0.3 is 0 Å². The third-order valence-corrected chi connectivity index (χ3v) is 3.46. The molecule has 0 aliphatic carbocycles. The average Bonchev–Trinajstić information content (AvgIpc) is 1.94. The molecule has 0 aliphatic heterocycles. The van der Waals surface area contributed by atoms with E-state index in [4.69, 9.17) is 10.7 Å². The van der Waals surface area contributed by atoms with Crippen LogP contribution in [0, 0.1) is 6.92 Å². The first-order valence-electron chi connectivity index (χ1n) is 3.56. The molecule has 1 rings (SSSR count). The molecule has 0 aliphatic rings. The summed E-state index contributed by atoms with van der Waals surface area (Å²) >= 11 is 3.33. The highest BCUT2D eigenvalue weighted by molar-refractivity contribution is 9.10. The smallest absolute Gasteiger partial charge is 0.212 e. The van der Waals surface area contributed by atoms with Crippen molar-refractivity contribution in [1.82, 2.24) is 0 Å². The van der Waals surface area contributed by atoms with Crippen LogP contribution in [0.3, 0.4) is 0 Å². The minimum Gasteiger partial charge on any atom is -0.212 e. The summed E-state index contributed by atoms with van der Waals surface area (Å²) in [6.07, 6.45) is 0. The first-order valence-corrected chi connectivity index (χ1v) is 6.83. The normalized spacial score (nSPS) is 11.6. The molecule has 1 aromatic rings. The van der Waals surface area contributed by atoms with Gasteiger partial charge in [0.05, 0.1) is 5.75 Å². The van der Waals surface area contributed by atoms with Crippen LogP contribution in [0.2, 0.25) is 0 Å². The summed E-state index contributed by atoms with van der Waals surface area (Å²) in [5, 5.41) is 0. The van der Waals surface area contributed by atoms with Crippen molar-refractivity contribution in [1.29, 1.82) is 0 Å². The molecule has 0 spiro atoms. The molecule has 0 fully saturated rings. The molecular formula is C8H8BrClO2S. The van der Waals surface area contributed by atoms with Crippen molar-refractivity contribution in [2.24, 2.45) is 0 Å². The van der Waals surface area contributed by atoms with Gasteiger partial charge in [-0.15, -0.1) is 0 Å². The Morgan fingerprint density at radius 2 is 2.08 bits per heavy atom. The average molecular weight is 284 g/mol. The fraction of sp³-hybridized carbons (Fsp3) is 0.250. The molecule has 0 heterocycles. The molecule has 72 valence electrons. The Hall–Kier alpha value is -0.0600. The second kappa shape index (κ2) is 3.98. The number of benzene rings is 1. The first-order chi connectivity index (χ1) is 5.88. The van der Waals surface area contributed by atoms with Crippen LogP contribution in [0.25, 0.3) is 0 Å². The van der Waals surface area contributed by atoms with E-state index in [1.165, 1.54) is 0 Å². The second-order valence-electron chi connectivity index (χ2n) is 2.77. The van der Waals surface area contributed by atoms with Crippen LogP contribution in [-0.4, -0.2) is 8.42 Å². The fourth-order valence-electron chi connectivity index (χ4n) is 0.996. The maximum Gasteiger partial charge on any atom is 0.236 e. The molecule has 0 saturated heterocycles. The molecule has 0 saturated carbocycles. The lowest BCUT2D eigenvalue weighted by Gasteiger charge is -2.01. The third-order valence-electron chi connectivity index (χ3n) is 1.56. The lowest BCUT2D eigenvalue weighted by atomic mass is 10.2. The van der Waals surface area contributed by atoms with E-state index in [1.54, 1.807) is 12.1 Å². The lowest BCUT2D eigenvalue weighted by molar-refractivity contribution is 0.609. The molecule has 5 heteroatoms. The zero-order chi connectivity index (χ0) is 10.1. The van der Waals surface area contributed by atoms with E-state index in [2.05, 4.69) is 15.9 Å². The maximum atomic E-state index is 10.8. The van der Waals surface area contributed by atoms with Crippen molar-refractivity contribution in [2.45, 2.75) is 12.7 Å². The van der Waals surface area contributed by atoms with E-state index in [1.807, 2.05) is 13.0 Å². The van der Waals surface area contributed by atoms with Crippen molar-refractivity contribution < 1.29 is 8.42 Å². The van der Waals surface area contributed by atoms with Gasteiger partial charge in [-0.1, -0.05) is 28.1 Å². The van der Waals surface area contributed by atoms with Gasteiger partial charge < -0.3 is 0 Å². The van der Waals surface area contributed by atoms with Crippen LogP contribution >= 0.6 is 26.6 Å². The Morgan fingerprint density at radius 1 is 1.46 bits per heavy atom. The standard InChI is InChI=1S/C8H8BrClO2S/c1-6-4-7(2-3-8(6)9)5-13(10,11)12/h2-4H,5H2,1H3. The molecule has 0 N–H and O–H groups in total. The van der Waals surface area contributed by atoms with Gasteiger partial charge in [0.25, 0.3) is 0 Å². The van der Waals surface area contributed by atoms with E-state index >= 15 is 0 Å². The largest absolute Gasteiger partial charge is 0.236 e. The zero-order valence-electron chi connectivity index (χ0n) is 6.92. The van der Waals surface area contributed by atoms with Crippen LogP contribution in [0.15, 0.2) is 22.7 Å². The highest BCUT2D eigenvalue weighted by Crippen LogP contribution is 2.19. The van der Waals surface area contributed by atoms with E-state index in [-0.39, 0.29) is 5.75 Å². The quantitative estimate of drug-likeness (QED) is 0.782. The Bertz CT molecular complexity index is 414. The lowest BCUT2D eigenvalue weighted by Crippen LogP contribution is -1.95. The molecule has 0 atom stereocenters. The summed E-state index contributed by atoms with van der Waals surface area (Å²) in [5.41, 5.74) is 1.70. The predicted molar refractivity (Wildman–Crippen MR) is 57.4 cm³/mol. The summed E-state index contributed by atoms with van der Waals surface area (Å²) < 4.78 is 22.5. The van der Waals surface area contributed by atoms with E-state index in [0.29, 0.717) is 5.56 Å². The topological polar surface area (TPSA) is 34.1 Å². The molecule has 1 aromatic carbocycles. The highest BCUT2D eigenvalue weighted by atomic mass is 79.9. The van der Waals surface area contributed by atoms with Crippen LogP contribution in [0.4, 0.5) is 0 Å². The summed E-state index contributed by atoms with van der Waals surface area (Å²) in [5.74, 6) is -0.122. The van der Waals surface area contributed by atoms with Gasteiger partial charge in [-0.3, -0.25) is 0 Å². The minimum absolute atomic E-state index is 0.122. The van der Waals surface area contributed by atoms with Gasteiger partial charge in [0, 0.05) is 15.2 Å². The third kappa shape index (κ3) is 3.67. The summed E-state index contributed by atoms with van der Waals surface area (Å²) in [4.78, 5) is 0. The van der Waals surface area contributed by atoms with Crippen LogP contribution in [-0.2, 0) is 14.8 Å². The van der Waals surface area contributed by atoms with Crippen LogP contribution in [0.1, 0.15) is 11.1 Å². The molecule has 0 amide bonds. The Labute approximate surface area is 90.5 Å². The molecule has 0 aromatic heterocycles. The summed E-state index contributed by atoms with van der Waals surface area (Å²) in [6, 6.07) is 5.34. The number of halogens is 2. The number of hydrogen-bond donors (Lipinski definition) is 0. The monoisotopic (exact) mass is 282 g/mol. The number of rotatable bonds is 2. The zero-order valence-corrected chi connectivity index (χ0v) is 10.1. The van der Waals surface area contributed by atoms with Gasteiger partial charge in [-0.2, -0.15) is 0 Å². The van der Waals surface area contributed by atoms with E-state index in [9.17, 15) is 8.42 Å². The van der Waals surface area contributed by atoms with E-state index in [0.717, 1.165) is 10.0 Å². The Kier molecular flexibility index (Phi) is 3.38. The highest BCUT2D eigenvalue weighted by Gasteiger charge is 2.07. The second-order valence-corrected chi connectivity index (χ2v) is 6.40. The van der Waals surface area contributed by atoms with Gasteiger partial charge in [0.15, 0.2) is 0 Å². The van der Waals surface area contributed by atoms with Crippen molar-refractivity contribution in [2.75, 3.05) is 0 Å². The van der Waals surface area contributed by atoms with Gasteiger partial charge in [-0.05, 0) is 24.1 Å². The molecular weight excluding hydrogens is 276 g/mol. The van der Waals surface area contributed by atoms with E-state index < -0.39 is 9.05 Å². The molecule has 0 radical (unpaired) electrons. The van der Waals surface area contributed by atoms with Crippen molar-refractivity contribution in [3.05, 3.63) is 33.8 Å². The maximum absolute atomic E-state index is 10.8. The van der Waals surface area contributed by atoms with Gasteiger partial charge in [0.1, 0.15) is 0 Å². The minimum atomic E-state index is -3.45. The van der Waals surface area contributed by atoms with Crippen molar-refractivity contribution in [3.63, 3.8) is 0 Å². The fourth-order valence-corrected chi connectivity index (χ4v) is 2.20. The van der Waals surface area contributed by atoms with Crippen molar-refractivity contribution in [3.8, 4) is 0 Å². The number of aryl methyl sites for hydroxylation is 1. The molecule has 0 bridgehead atoms. The van der Waals surface area contributed by atoms with Crippen molar-refractivity contribution >= 4 is 35.7 Å². The van der Waals surface area contributed by atoms with Crippen LogP contribution < -0.4 is 0 Å². The molecule has 0 unspecified atom stereocenters. The molecule has 13 heavy (non-hydrogen) atoms. The number of hydrogen-bond acceptors (Lipinski definition) is 2. The first kappa shape index (κ1) is 11.0. The van der Waals surface area contributed by atoms with Crippen LogP contribution in [0.5, 0.6) is 0 Å². The van der Waals surface area contributed by atoms with Gasteiger partial charge in [-0.25, -0.2) is 8.42 Å². The Morgan fingerprint density at radius 3 is 2.54 bits per heavy atom. The SMILES string of the molecule is Cc1cc(CS(=O)(=O)Cl)ccc1Br. The molecule has 2 nitrogen and oxygen atoms in total. The Balaban J connectivity index is 2.99. The van der Waals surface area contributed by atoms with Gasteiger partial charge in [0.2, 0.25) is 9.05 Å². The predicted octanol–water partition coefficient (Wildman–Crippen LogP) is 2.83. The summed E-state index contributed by atoms with van der Waals surface area (Å²) in [6.45, 7) is 1.90.